The van der Waals surface area contributed by atoms with Gasteiger partial charge in [0.25, 0.3) is 5.91 Å². The van der Waals surface area contributed by atoms with Gasteiger partial charge in [0.05, 0.1) is 11.1 Å². The molecule has 0 fully saturated rings. The van der Waals surface area contributed by atoms with E-state index in [2.05, 4.69) is 20.9 Å². The molecule has 4 nitrogen and oxygen atoms in total. The fourth-order valence-electron chi connectivity index (χ4n) is 1.82. The second-order valence-electron chi connectivity index (χ2n) is 4.37. The number of amides is 1. The molecule has 0 aliphatic heterocycles. The summed E-state index contributed by atoms with van der Waals surface area (Å²) in [6, 6.07) is 11.3. The van der Waals surface area contributed by atoms with Gasteiger partial charge in [-0.2, -0.15) is 5.26 Å². The lowest BCUT2D eigenvalue weighted by atomic mass is 10.1. The molecule has 0 N–H and O–H groups in total. The molecule has 5 heteroatoms. The third kappa shape index (κ3) is 3.43. The molecule has 20 heavy (non-hydrogen) atoms. The Kier molecular flexibility index (Phi) is 4.49. The summed E-state index contributed by atoms with van der Waals surface area (Å²) in [5, 5.41) is 8.83. The topological polar surface area (TPSA) is 57.0 Å². The van der Waals surface area contributed by atoms with Crippen molar-refractivity contribution in [3.05, 3.63) is 63.9 Å². The third-order valence-corrected chi connectivity index (χ3v) is 3.26. The molecular weight excluding hydrogens is 318 g/mol. The van der Waals surface area contributed by atoms with Gasteiger partial charge in [-0.05, 0) is 23.8 Å². The van der Waals surface area contributed by atoms with Crippen LogP contribution in [0.1, 0.15) is 21.5 Å². The molecule has 0 saturated heterocycles. The summed E-state index contributed by atoms with van der Waals surface area (Å²) in [6.45, 7) is 0.495. The Morgan fingerprint density at radius 2 is 2.20 bits per heavy atom. The van der Waals surface area contributed by atoms with E-state index in [9.17, 15) is 4.79 Å². The molecule has 2 rings (SSSR count). The maximum absolute atomic E-state index is 12.3. The van der Waals surface area contributed by atoms with E-state index in [4.69, 9.17) is 5.26 Å². The van der Waals surface area contributed by atoms with Gasteiger partial charge in [0.2, 0.25) is 0 Å². The van der Waals surface area contributed by atoms with Crippen LogP contribution in [0.4, 0.5) is 0 Å². The summed E-state index contributed by atoms with van der Waals surface area (Å²) in [7, 11) is 1.72. The number of hydrogen-bond donors (Lipinski definition) is 0. The lowest BCUT2D eigenvalue weighted by Crippen LogP contribution is -2.26. The lowest BCUT2D eigenvalue weighted by Gasteiger charge is -2.17. The average molecular weight is 330 g/mol. The van der Waals surface area contributed by atoms with E-state index in [1.165, 1.54) is 12.4 Å². The number of pyridine rings is 1. The molecular formula is C15H12BrN3O. The van der Waals surface area contributed by atoms with Crippen LogP contribution in [-0.2, 0) is 6.54 Å². The van der Waals surface area contributed by atoms with Crippen molar-refractivity contribution in [3.63, 3.8) is 0 Å². The van der Waals surface area contributed by atoms with Crippen molar-refractivity contribution < 1.29 is 4.79 Å². The molecule has 1 heterocycles. The first kappa shape index (κ1) is 14.2. The standard InChI is InChI=1S/C15H12BrN3O/c1-19(10-11-3-2-4-14(16)6-11)15(20)13-5-12(7-17)8-18-9-13/h2-6,8-9H,10H2,1H3. The van der Waals surface area contributed by atoms with Crippen molar-refractivity contribution in [2.45, 2.75) is 6.54 Å². The highest BCUT2D eigenvalue weighted by Crippen LogP contribution is 2.14. The Labute approximate surface area is 125 Å². The normalized spacial score (nSPS) is 9.85. The highest BCUT2D eigenvalue weighted by molar-refractivity contribution is 9.10. The summed E-state index contributed by atoms with van der Waals surface area (Å²) in [5.41, 5.74) is 1.83. The summed E-state index contributed by atoms with van der Waals surface area (Å²) < 4.78 is 0.976. The minimum Gasteiger partial charge on any atom is -0.337 e. The van der Waals surface area contributed by atoms with E-state index in [-0.39, 0.29) is 5.91 Å². The Balaban J connectivity index is 2.14. The fraction of sp³-hybridized carbons (Fsp3) is 0.133. The van der Waals surface area contributed by atoms with E-state index >= 15 is 0 Å². The highest BCUT2D eigenvalue weighted by atomic mass is 79.9. The maximum atomic E-state index is 12.3. The largest absolute Gasteiger partial charge is 0.337 e. The van der Waals surface area contributed by atoms with Gasteiger partial charge in [-0.3, -0.25) is 9.78 Å². The SMILES string of the molecule is CN(Cc1cccc(Br)c1)C(=O)c1cncc(C#N)c1. The Bertz CT molecular complexity index is 679. The summed E-state index contributed by atoms with van der Waals surface area (Å²) >= 11 is 3.40. The molecule has 1 aromatic heterocycles. The predicted molar refractivity (Wildman–Crippen MR) is 78.9 cm³/mol. The molecule has 0 aliphatic rings. The average Bonchev–Trinajstić information content (AvgIpc) is 2.46. The van der Waals surface area contributed by atoms with Crippen molar-refractivity contribution >= 4 is 21.8 Å². The van der Waals surface area contributed by atoms with Gasteiger partial charge in [0.15, 0.2) is 0 Å². The van der Waals surface area contributed by atoms with Crippen molar-refractivity contribution in [2.24, 2.45) is 0 Å². The van der Waals surface area contributed by atoms with Gasteiger partial charge in [-0.25, -0.2) is 0 Å². The van der Waals surface area contributed by atoms with E-state index < -0.39 is 0 Å². The van der Waals surface area contributed by atoms with Gasteiger partial charge >= 0.3 is 0 Å². The number of nitrogens with zero attached hydrogens (tertiary/aromatic N) is 3. The van der Waals surface area contributed by atoms with Crippen LogP contribution in [0.15, 0.2) is 47.2 Å². The van der Waals surface area contributed by atoms with Crippen LogP contribution in [0, 0.1) is 11.3 Å². The fourth-order valence-corrected chi connectivity index (χ4v) is 2.27. The molecule has 0 saturated carbocycles. The zero-order valence-electron chi connectivity index (χ0n) is 10.9. The maximum Gasteiger partial charge on any atom is 0.255 e. The van der Waals surface area contributed by atoms with Gasteiger partial charge in [-0.1, -0.05) is 28.1 Å². The number of halogens is 1. The van der Waals surface area contributed by atoms with Gasteiger partial charge in [-0.15, -0.1) is 0 Å². The lowest BCUT2D eigenvalue weighted by molar-refractivity contribution is 0.0784. The molecule has 100 valence electrons. The van der Waals surface area contributed by atoms with Crippen molar-refractivity contribution in [2.75, 3.05) is 7.05 Å². The number of carbonyl (C=O) groups excluding carboxylic acids is 1. The van der Waals surface area contributed by atoms with Gasteiger partial charge in [0, 0.05) is 30.5 Å². The Morgan fingerprint density at radius 3 is 2.90 bits per heavy atom. The van der Waals surface area contributed by atoms with E-state index in [0.29, 0.717) is 17.7 Å². The first-order valence-corrected chi connectivity index (χ1v) is 6.74. The molecule has 0 bridgehead atoms. The van der Waals surface area contributed by atoms with Crippen LogP contribution >= 0.6 is 15.9 Å². The van der Waals surface area contributed by atoms with E-state index in [1.54, 1.807) is 18.0 Å². The molecule has 0 aliphatic carbocycles. The van der Waals surface area contributed by atoms with Crippen LogP contribution in [0.3, 0.4) is 0 Å². The number of hydrogen-bond acceptors (Lipinski definition) is 3. The molecule has 1 amide bonds. The zero-order chi connectivity index (χ0) is 14.5. The summed E-state index contributed by atoms with van der Waals surface area (Å²) in [6.07, 6.45) is 2.91. The second kappa shape index (κ2) is 6.31. The minimum absolute atomic E-state index is 0.158. The Morgan fingerprint density at radius 1 is 1.40 bits per heavy atom. The van der Waals surface area contributed by atoms with Crippen LogP contribution in [0.25, 0.3) is 0 Å². The smallest absolute Gasteiger partial charge is 0.255 e. The number of nitriles is 1. The third-order valence-electron chi connectivity index (χ3n) is 2.77. The quantitative estimate of drug-likeness (QED) is 0.869. The number of aromatic nitrogens is 1. The second-order valence-corrected chi connectivity index (χ2v) is 5.28. The first-order valence-electron chi connectivity index (χ1n) is 5.95. The molecule has 0 atom stereocenters. The molecule has 0 unspecified atom stereocenters. The van der Waals surface area contributed by atoms with E-state index in [0.717, 1.165) is 10.0 Å². The van der Waals surface area contributed by atoms with Crippen molar-refractivity contribution in [1.29, 1.82) is 5.26 Å². The predicted octanol–water partition coefficient (Wildman–Crippen LogP) is 2.99. The minimum atomic E-state index is -0.158. The molecule has 2 aromatic rings. The van der Waals surface area contributed by atoms with Crippen molar-refractivity contribution in [3.8, 4) is 6.07 Å². The van der Waals surface area contributed by atoms with Crippen LogP contribution in [-0.4, -0.2) is 22.8 Å². The molecule has 0 radical (unpaired) electrons. The van der Waals surface area contributed by atoms with Crippen molar-refractivity contribution in [1.82, 2.24) is 9.88 Å². The summed E-state index contributed by atoms with van der Waals surface area (Å²) in [4.78, 5) is 17.8. The van der Waals surface area contributed by atoms with Gasteiger partial charge in [0.1, 0.15) is 6.07 Å². The van der Waals surface area contributed by atoms with Crippen LogP contribution in [0.5, 0.6) is 0 Å². The first-order chi connectivity index (χ1) is 9.60. The zero-order valence-corrected chi connectivity index (χ0v) is 12.5. The number of carbonyl (C=O) groups is 1. The molecule has 1 aromatic carbocycles. The van der Waals surface area contributed by atoms with Crippen LogP contribution in [0.2, 0.25) is 0 Å². The number of rotatable bonds is 3. The number of benzene rings is 1. The molecule has 0 spiro atoms. The van der Waals surface area contributed by atoms with E-state index in [1.807, 2.05) is 30.3 Å². The Hall–Kier alpha value is -2.19. The monoisotopic (exact) mass is 329 g/mol. The summed E-state index contributed by atoms with van der Waals surface area (Å²) in [5.74, 6) is -0.158. The highest BCUT2D eigenvalue weighted by Gasteiger charge is 2.13. The van der Waals surface area contributed by atoms with Gasteiger partial charge < -0.3 is 4.90 Å². The van der Waals surface area contributed by atoms with Crippen LogP contribution < -0.4 is 0 Å².